The topological polar surface area (TPSA) is 51.8 Å². The molecule has 0 radical (unpaired) electrons. The van der Waals surface area contributed by atoms with Crippen molar-refractivity contribution >= 4 is 10.8 Å². The number of aromatic nitrogens is 3. The summed E-state index contributed by atoms with van der Waals surface area (Å²) in [6.07, 6.45) is 0. The van der Waals surface area contributed by atoms with Gasteiger partial charge in [0.05, 0.1) is 0 Å². The first-order valence-electron chi connectivity index (χ1n) is 12.9. The number of fused-ring (bicyclic) bond motifs is 1. The lowest BCUT2D eigenvalue weighted by Gasteiger charge is -2.11. The second kappa shape index (κ2) is 9.84. The van der Waals surface area contributed by atoms with Gasteiger partial charge in [0.15, 0.2) is 17.5 Å². The van der Waals surface area contributed by atoms with Gasteiger partial charge in [0.2, 0.25) is 0 Å². The van der Waals surface area contributed by atoms with Gasteiger partial charge in [-0.1, -0.05) is 140 Å². The van der Waals surface area contributed by atoms with Gasteiger partial charge >= 0.3 is 0 Å². The average molecular weight is 502 g/mol. The Morgan fingerprint density at radius 3 is 1.31 bits per heavy atom. The summed E-state index contributed by atoms with van der Waals surface area (Å²) >= 11 is 0. The Balaban J connectivity index is 1.46. The minimum atomic E-state index is 0.597. The molecular formula is C35H23N3O. The Bertz CT molecular complexity index is 1840. The molecule has 0 aliphatic carbocycles. The molecule has 184 valence electrons. The number of furan rings is 1. The normalized spacial score (nSPS) is 11.1. The number of hydrogen-bond donors (Lipinski definition) is 0. The van der Waals surface area contributed by atoms with Crippen LogP contribution >= 0.6 is 0 Å². The molecule has 0 fully saturated rings. The van der Waals surface area contributed by atoms with Gasteiger partial charge in [-0.3, -0.25) is 0 Å². The molecule has 0 N–H and O–H groups in total. The molecule has 7 rings (SSSR count). The van der Waals surface area contributed by atoms with Crippen LogP contribution in [0.2, 0.25) is 0 Å². The molecule has 7 aromatic rings. The highest BCUT2D eigenvalue weighted by Gasteiger charge is 2.21. The minimum absolute atomic E-state index is 0.597. The second-order valence-corrected chi connectivity index (χ2v) is 9.26. The fourth-order valence-corrected chi connectivity index (χ4v) is 4.90. The van der Waals surface area contributed by atoms with E-state index >= 15 is 0 Å². The Kier molecular flexibility index (Phi) is 5.76. The molecule has 4 nitrogen and oxygen atoms in total. The summed E-state index contributed by atoms with van der Waals surface area (Å²) in [5.74, 6) is 3.50. The van der Waals surface area contributed by atoms with Crippen LogP contribution in [0.15, 0.2) is 144 Å². The maximum Gasteiger partial charge on any atom is 0.164 e. The van der Waals surface area contributed by atoms with Gasteiger partial charge in [0.1, 0.15) is 11.5 Å². The number of benzene rings is 5. The zero-order valence-electron chi connectivity index (χ0n) is 21.0. The third kappa shape index (κ3) is 4.28. The van der Waals surface area contributed by atoms with E-state index in [1.54, 1.807) is 0 Å². The van der Waals surface area contributed by atoms with Crippen molar-refractivity contribution in [2.24, 2.45) is 0 Å². The Morgan fingerprint density at radius 1 is 0.333 bits per heavy atom. The lowest BCUT2D eigenvalue weighted by molar-refractivity contribution is 0.602. The van der Waals surface area contributed by atoms with Crippen molar-refractivity contribution in [2.45, 2.75) is 0 Å². The summed E-state index contributed by atoms with van der Waals surface area (Å²) in [7, 11) is 0. The molecule has 0 amide bonds. The summed E-state index contributed by atoms with van der Waals surface area (Å²) in [4.78, 5) is 14.8. The highest BCUT2D eigenvalue weighted by Crippen LogP contribution is 2.42. The van der Waals surface area contributed by atoms with Crippen molar-refractivity contribution in [3.8, 4) is 56.8 Å². The van der Waals surface area contributed by atoms with Gasteiger partial charge in [-0.2, -0.15) is 0 Å². The lowest BCUT2D eigenvalue weighted by atomic mass is 10.0. The maximum absolute atomic E-state index is 6.66. The van der Waals surface area contributed by atoms with Crippen LogP contribution in [0, 0.1) is 0 Å². The van der Waals surface area contributed by atoms with Crippen LogP contribution in [-0.2, 0) is 0 Å². The predicted molar refractivity (Wildman–Crippen MR) is 157 cm³/mol. The van der Waals surface area contributed by atoms with E-state index in [2.05, 4.69) is 30.3 Å². The van der Waals surface area contributed by atoms with E-state index < -0.39 is 0 Å². The molecule has 2 aromatic heterocycles. The lowest BCUT2D eigenvalue weighted by Crippen LogP contribution is -2.00. The van der Waals surface area contributed by atoms with Gasteiger partial charge in [0.25, 0.3) is 0 Å². The monoisotopic (exact) mass is 501 g/mol. The van der Waals surface area contributed by atoms with Crippen LogP contribution in [0.1, 0.15) is 0 Å². The van der Waals surface area contributed by atoms with Crippen molar-refractivity contribution in [1.82, 2.24) is 15.0 Å². The van der Waals surface area contributed by atoms with E-state index in [1.807, 2.05) is 109 Å². The second-order valence-electron chi connectivity index (χ2n) is 9.26. The summed E-state index contributed by atoms with van der Waals surface area (Å²) in [6, 6.07) is 46.7. The predicted octanol–water partition coefficient (Wildman–Crippen LogP) is 8.95. The molecule has 5 aromatic carbocycles. The van der Waals surface area contributed by atoms with Crippen LogP contribution in [0.25, 0.3) is 67.6 Å². The fourth-order valence-electron chi connectivity index (χ4n) is 4.90. The molecule has 0 spiro atoms. The molecule has 0 atom stereocenters. The highest BCUT2D eigenvalue weighted by atomic mass is 16.3. The molecule has 39 heavy (non-hydrogen) atoms. The Labute approximate surface area is 226 Å². The van der Waals surface area contributed by atoms with Crippen molar-refractivity contribution in [2.75, 3.05) is 0 Å². The molecule has 0 bridgehead atoms. The summed E-state index contributed by atoms with van der Waals surface area (Å²) < 4.78 is 6.66. The Morgan fingerprint density at radius 2 is 0.744 bits per heavy atom. The molecule has 0 saturated heterocycles. The molecule has 0 saturated carbocycles. The van der Waals surface area contributed by atoms with Gasteiger partial charge in [-0.05, 0) is 0 Å². The van der Waals surface area contributed by atoms with Gasteiger partial charge < -0.3 is 4.42 Å². The maximum atomic E-state index is 6.66. The molecule has 2 heterocycles. The third-order valence-corrected chi connectivity index (χ3v) is 6.77. The van der Waals surface area contributed by atoms with E-state index in [0.717, 1.165) is 50.1 Å². The van der Waals surface area contributed by atoms with Crippen LogP contribution in [0.3, 0.4) is 0 Å². The van der Waals surface area contributed by atoms with E-state index in [-0.39, 0.29) is 0 Å². The zero-order valence-corrected chi connectivity index (χ0v) is 21.0. The SMILES string of the molecule is c1ccc(-c2nc(-c3ccccc3)nc(-c3ccccc3-c3oc(-c4ccccc4)c4ccccc34)n2)cc1. The number of hydrogen-bond acceptors (Lipinski definition) is 4. The number of rotatable bonds is 5. The average Bonchev–Trinajstić information content (AvgIpc) is 3.42. The molecule has 4 heteroatoms. The minimum Gasteiger partial charge on any atom is -0.455 e. The largest absolute Gasteiger partial charge is 0.455 e. The van der Waals surface area contributed by atoms with Crippen molar-refractivity contribution in [3.63, 3.8) is 0 Å². The zero-order chi connectivity index (χ0) is 26.0. The van der Waals surface area contributed by atoms with E-state index in [0.29, 0.717) is 17.5 Å². The first kappa shape index (κ1) is 22.8. The van der Waals surface area contributed by atoms with Crippen molar-refractivity contribution < 1.29 is 4.42 Å². The molecular weight excluding hydrogens is 478 g/mol. The van der Waals surface area contributed by atoms with E-state index in [9.17, 15) is 0 Å². The van der Waals surface area contributed by atoms with Gasteiger partial charge in [-0.25, -0.2) is 15.0 Å². The van der Waals surface area contributed by atoms with Gasteiger partial charge in [0, 0.05) is 38.6 Å². The van der Waals surface area contributed by atoms with Gasteiger partial charge in [-0.15, -0.1) is 0 Å². The van der Waals surface area contributed by atoms with Crippen LogP contribution in [0.5, 0.6) is 0 Å². The Hall–Kier alpha value is -5.35. The highest BCUT2D eigenvalue weighted by molar-refractivity contribution is 6.04. The summed E-state index contributed by atoms with van der Waals surface area (Å²) in [5.41, 5.74) is 4.72. The van der Waals surface area contributed by atoms with E-state index in [4.69, 9.17) is 19.4 Å². The first-order chi connectivity index (χ1) is 19.3. The first-order valence-corrected chi connectivity index (χ1v) is 12.9. The molecule has 0 aliphatic rings. The number of nitrogens with zero attached hydrogens (tertiary/aromatic N) is 3. The van der Waals surface area contributed by atoms with Crippen LogP contribution < -0.4 is 0 Å². The smallest absolute Gasteiger partial charge is 0.164 e. The molecule has 0 aliphatic heterocycles. The van der Waals surface area contributed by atoms with Crippen LogP contribution in [0.4, 0.5) is 0 Å². The van der Waals surface area contributed by atoms with Crippen LogP contribution in [-0.4, -0.2) is 15.0 Å². The van der Waals surface area contributed by atoms with Crippen molar-refractivity contribution in [1.29, 1.82) is 0 Å². The summed E-state index contributed by atoms with van der Waals surface area (Å²) in [5, 5.41) is 2.11. The standard InChI is InChI=1S/C35H23N3O/c1-4-14-24(15-5-1)31-27-20-10-11-21-28(27)32(39-31)29-22-12-13-23-30(29)35-37-33(25-16-6-2-7-17-25)36-34(38-35)26-18-8-3-9-19-26/h1-23H. The quantitative estimate of drug-likeness (QED) is 0.236. The molecule has 0 unspecified atom stereocenters. The van der Waals surface area contributed by atoms with E-state index in [1.165, 1.54) is 0 Å². The van der Waals surface area contributed by atoms with Crippen molar-refractivity contribution in [3.05, 3.63) is 140 Å². The summed E-state index contributed by atoms with van der Waals surface area (Å²) in [6.45, 7) is 0. The fraction of sp³-hybridized carbons (Fsp3) is 0. The third-order valence-electron chi connectivity index (χ3n) is 6.77.